The Hall–Kier alpha value is -1.93. The highest BCUT2D eigenvalue weighted by Crippen LogP contribution is 2.23. The van der Waals surface area contributed by atoms with E-state index in [-0.39, 0.29) is 23.6 Å². The van der Waals surface area contributed by atoms with Gasteiger partial charge in [-0.1, -0.05) is 13.8 Å². The minimum absolute atomic E-state index is 0.101. The molecule has 0 radical (unpaired) electrons. The maximum atomic E-state index is 12.1. The van der Waals surface area contributed by atoms with Crippen LogP contribution in [0.25, 0.3) is 0 Å². The van der Waals surface area contributed by atoms with E-state index in [2.05, 4.69) is 5.32 Å². The van der Waals surface area contributed by atoms with Gasteiger partial charge in [0.15, 0.2) is 0 Å². The molecule has 0 saturated carbocycles. The first-order chi connectivity index (χ1) is 10.8. The van der Waals surface area contributed by atoms with Crippen molar-refractivity contribution in [1.82, 2.24) is 15.1 Å². The lowest BCUT2D eigenvalue weighted by Gasteiger charge is -2.38. The lowest BCUT2D eigenvalue weighted by Crippen LogP contribution is -2.55. The van der Waals surface area contributed by atoms with Gasteiger partial charge in [-0.15, -0.1) is 0 Å². The molecule has 2 rings (SSSR count). The lowest BCUT2D eigenvalue weighted by atomic mass is 9.89. The van der Waals surface area contributed by atoms with Crippen molar-refractivity contribution in [3.8, 4) is 0 Å². The number of likely N-dealkylation sites (N-methyl/N-ethyl adjacent to an activating group) is 2. The third-order valence-corrected chi connectivity index (χ3v) is 4.53. The Labute approximate surface area is 135 Å². The standard InChI is InChI=1S/C15H23N3O5/c1-5-11-12(19)8(2)10(7-23-11)16-6-9-13(20)17(3)15(22)18(4)14(9)21/h6,8,10-12,16,19H,5,7H2,1-4H3/t8-,10?,11?,12+/m1/s1. The van der Waals surface area contributed by atoms with Crippen LogP contribution in [-0.4, -0.2) is 71.7 Å². The molecule has 0 bridgehead atoms. The number of ether oxygens (including phenoxy) is 1. The minimum atomic E-state index is -0.660. The van der Waals surface area contributed by atoms with Crippen LogP contribution in [0.1, 0.15) is 20.3 Å². The van der Waals surface area contributed by atoms with Gasteiger partial charge in [0.2, 0.25) is 0 Å². The second-order valence-corrected chi connectivity index (χ2v) is 5.97. The molecular weight excluding hydrogens is 302 g/mol. The average Bonchev–Trinajstić information content (AvgIpc) is 2.55. The fourth-order valence-electron chi connectivity index (χ4n) is 2.78. The van der Waals surface area contributed by atoms with Crippen molar-refractivity contribution in [1.29, 1.82) is 0 Å². The van der Waals surface area contributed by atoms with Crippen LogP contribution in [0.15, 0.2) is 11.8 Å². The number of imide groups is 2. The molecule has 8 heteroatoms. The number of amides is 4. The molecule has 4 amide bonds. The van der Waals surface area contributed by atoms with Crippen LogP contribution in [0.2, 0.25) is 0 Å². The van der Waals surface area contributed by atoms with Crippen molar-refractivity contribution in [3.05, 3.63) is 11.8 Å². The van der Waals surface area contributed by atoms with E-state index in [0.717, 1.165) is 9.80 Å². The molecule has 0 aromatic heterocycles. The molecule has 0 spiro atoms. The van der Waals surface area contributed by atoms with E-state index < -0.39 is 23.9 Å². The first-order valence-electron chi connectivity index (χ1n) is 7.65. The zero-order valence-corrected chi connectivity index (χ0v) is 13.8. The van der Waals surface area contributed by atoms with Gasteiger partial charge >= 0.3 is 6.03 Å². The Morgan fingerprint density at radius 1 is 1.26 bits per heavy atom. The van der Waals surface area contributed by atoms with E-state index in [1.807, 2.05) is 13.8 Å². The number of aliphatic hydroxyl groups excluding tert-OH is 1. The molecule has 2 unspecified atom stereocenters. The summed E-state index contributed by atoms with van der Waals surface area (Å²) in [5.74, 6) is -1.40. The normalized spacial score (nSPS) is 32.4. The average molecular weight is 325 g/mol. The number of aliphatic hydroxyl groups is 1. The summed E-state index contributed by atoms with van der Waals surface area (Å²) in [7, 11) is 2.65. The van der Waals surface area contributed by atoms with E-state index in [4.69, 9.17) is 4.74 Å². The quantitative estimate of drug-likeness (QED) is 0.545. The van der Waals surface area contributed by atoms with Crippen LogP contribution in [0, 0.1) is 5.92 Å². The number of barbiturate groups is 1. The first kappa shape index (κ1) is 17.4. The predicted molar refractivity (Wildman–Crippen MR) is 81.1 cm³/mol. The Kier molecular flexibility index (Phi) is 5.06. The summed E-state index contributed by atoms with van der Waals surface area (Å²) in [6, 6.07) is -0.887. The molecule has 2 aliphatic heterocycles. The van der Waals surface area contributed by atoms with Crippen LogP contribution in [0.5, 0.6) is 0 Å². The molecule has 8 nitrogen and oxygen atoms in total. The van der Waals surface area contributed by atoms with Crippen molar-refractivity contribution >= 4 is 17.8 Å². The number of carbonyl (C=O) groups is 3. The van der Waals surface area contributed by atoms with Crippen molar-refractivity contribution < 1.29 is 24.2 Å². The van der Waals surface area contributed by atoms with Crippen LogP contribution in [0.4, 0.5) is 4.79 Å². The summed E-state index contributed by atoms with van der Waals surface area (Å²) in [5, 5.41) is 13.2. The number of nitrogens with one attached hydrogen (secondary N) is 1. The van der Waals surface area contributed by atoms with Gasteiger partial charge in [-0.3, -0.25) is 19.4 Å². The van der Waals surface area contributed by atoms with Crippen molar-refractivity contribution in [2.45, 2.75) is 38.5 Å². The third kappa shape index (κ3) is 3.09. The predicted octanol–water partition coefficient (Wildman–Crippen LogP) is -0.315. The van der Waals surface area contributed by atoms with Gasteiger partial charge in [-0.05, 0) is 6.42 Å². The van der Waals surface area contributed by atoms with Gasteiger partial charge in [-0.2, -0.15) is 0 Å². The van der Waals surface area contributed by atoms with E-state index >= 15 is 0 Å². The second-order valence-electron chi connectivity index (χ2n) is 5.97. The number of urea groups is 1. The van der Waals surface area contributed by atoms with E-state index in [1.165, 1.54) is 20.3 Å². The fourth-order valence-corrected chi connectivity index (χ4v) is 2.78. The smallest absolute Gasteiger partial charge is 0.333 e. The summed E-state index contributed by atoms with van der Waals surface area (Å²) >= 11 is 0. The van der Waals surface area contributed by atoms with Gasteiger partial charge in [-0.25, -0.2) is 4.79 Å². The van der Waals surface area contributed by atoms with Crippen molar-refractivity contribution in [3.63, 3.8) is 0 Å². The summed E-state index contributed by atoms with van der Waals surface area (Å²) < 4.78 is 5.59. The fraction of sp³-hybridized carbons (Fsp3) is 0.667. The zero-order valence-electron chi connectivity index (χ0n) is 13.8. The van der Waals surface area contributed by atoms with Gasteiger partial charge in [0.25, 0.3) is 11.8 Å². The summed E-state index contributed by atoms with van der Waals surface area (Å²) in [5.41, 5.74) is -0.117. The number of nitrogens with zero attached hydrogens (tertiary/aromatic N) is 2. The van der Waals surface area contributed by atoms with E-state index in [0.29, 0.717) is 13.0 Å². The SMILES string of the molecule is CCC1OCC(NC=C2C(=O)N(C)C(=O)N(C)C2=O)[C@@H](C)[C@@H]1O. The highest BCUT2D eigenvalue weighted by Gasteiger charge is 2.39. The molecule has 0 aliphatic carbocycles. The number of hydrogen-bond donors (Lipinski definition) is 2. The second kappa shape index (κ2) is 6.67. The number of hydrogen-bond acceptors (Lipinski definition) is 6. The van der Waals surface area contributed by atoms with Gasteiger partial charge in [0, 0.05) is 26.2 Å². The van der Waals surface area contributed by atoms with Crippen LogP contribution in [0.3, 0.4) is 0 Å². The van der Waals surface area contributed by atoms with Crippen molar-refractivity contribution in [2.75, 3.05) is 20.7 Å². The molecule has 2 fully saturated rings. The number of rotatable bonds is 3. The maximum Gasteiger partial charge on any atom is 0.333 e. The largest absolute Gasteiger partial charge is 0.390 e. The van der Waals surface area contributed by atoms with Gasteiger partial charge in [0.05, 0.1) is 24.9 Å². The zero-order chi connectivity index (χ0) is 17.3. The molecule has 2 aliphatic rings. The molecule has 0 aromatic rings. The Morgan fingerprint density at radius 2 is 1.83 bits per heavy atom. The molecule has 0 aromatic carbocycles. The van der Waals surface area contributed by atoms with Crippen LogP contribution >= 0.6 is 0 Å². The lowest BCUT2D eigenvalue weighted by molar-refractivity contribution is -0.134. The summed E-state index contributed by atoms with van der Waals surface area (Å²) in [4.78, 5) is 37.6. The molecule has 2 N–H and O–H groups in total. The monoisotopic (exact) mass is 325 g/mol. The highest BCUT2D eigenvalue weighted by atomic mass is 16.5. The maximum absolute atomic E-state index is 12.1. The molecule has 4 atom stereocenters. The Balaban J connectivity index is 2.11. The molecule has 2 saturated heterocycles. The molecule has 2 heterocycles. The summed E-state index contributed by atoms with van der Waals surface area (Å²) in [6.07, 6.45) is 1.21. The molecular formula is C15H23N3O5. The highest BCUT2D eigenvalue weighted by molar-refractivity contribution is 6.28. The van der Waals surface area contributed by atoms with E-state index in [1.54, 1.807) is 0 Å². The first-order valence-corrected chi connectivity index (χ1v) is 7.65. The minimum Gasteiger partial charge on any atom is -0.390 e. The topological polar surface area (TPSA) is 99.2 Å². The van der Waals surface area contributed by atoms with Crippen molar-refractivity contribution in [2.24, 2.45) is 5.92 Å². The summed E-state index contributed by atoms with van der Waals surface area (Å²) in [6.45, 7) is 4.20. The molecule has 23 heavy (non-hydrogen) atoms. The van der Waals surface area contributed by atoms with Gasteiger partial charge in [0.1, 0.15) is 5.57 Å². The Morgan fingerprint density at radius 3 is 2.35 bits per heavy atom. The van der Waals surface area contributed by atoms with E-state index in [9.17, 15) is 19.5 Å². The molecule has 128 valence electrons. The van der Waals surface area contributed by atoms with Gasteiger partial charge < -0.3 is 15.2 Å². The van der Waals surface area contributed by atoms with Crippen LogP contribution < -0.4 is 5.32 Å². The number of carbonyl (C=O) groups excluding carboxylic acids is 3. The Bertz CT molecular complexity index is 521. The third-order valence-electron chi connectivity index (χ3n) is 4.53. The van der Waals surface area contributed by atoms with Crippen LogP contribution in [-0.2, 0) is 14.3 Å².